The monoisotopic (exact) mass is 724 g/mol. The summed E-state index contributed by atoms with van der Waals surface area (Å²) >= 11 is 0. The van der Waals surface area contributed by atoms with Crippen LogP contribution in [0.15, 0.2) is 36.4 Å². The largest absolute Gasteiger partial charge is 0.497 e. The Morgan fingerprint density at radius 2 is 1.48 bits per heavy atom. The number of methoxy groups -OCH3 is 1. The number of imide groups is 2. The number of hydrogen-bond acceptors (Lipinski definition) is 13. The molecule has 1 atom stereocenters. The van der Waals surface area contributed by atoms with Crippen LogP contribution in [0.2, 0.25) is 0 Å². The van der Waals surface area contributed by atoms with Crippen LogP contribution in [-0.2, 0) is 28.5 Å². The summed E-state index contributed by atoms with van der Waals surface area (Å²) in [6, 6.07) is 9.49. The minimum atomic E-state index is -1.02. The molecule has 2 aromatic carbocycles. The van der Waals surface area contributed by atoms with Gasteiger partial charge in [0.25, 0.3) is 17.7 Å². The molecule has 52 heavy (non-hydrogen) atoms. The Morgan fingerprint density at radius 3 is 2.13 bits per heavy atom. The number of nitrogens with zero attached hydrogens (tertiary/aromatic N) is 3. The highest BCUT2D eigenvalue weighted by atomic mass is 16.6. The molecular formula is C36H48N6O10. The lowest BCUT2D eigenvalue weighted by atomic mass is 10.0. The number of carbonyl (C=O) groups is 5. The van der Waals surface area contributed by atoms with Gasteiger partial charge in [0.2, 0.25) is 11.8 Å². The third-order valence-electron chi connectivity index (χ3n) is 8.97. The molecule has 0 bridgehead atoms. The summed E-state index contributed by atoms with van der Waals surface area (Å²) in [6.07, 6.45) is 0.163. The number of carbonyl (C=O) groups excluding carboxylic acids is 5. The van der Waals surface area contributed by atoms with Gasteiger partial charge in [0.05, 0.1) is 76.7 Å². The molecule has 3 N–H and O–H groups in total. The first-order valence-electron chi connectivity index (χ1n) is 17.6. The quantitative estimate of drug-likeness (QED) is 0.129. The molecule has 282 valence electrons. The van der Waals surface area contributed by atoms with Crippen molar-refractivity contribution in [1.29, 1.82) is 0 Å². The Labute approximate surface area is 303 Å². The highest BCUT2D eigenvalue weighted by molar-refractivity contribution is 6.25. The zero-order valence-electron chi connectivity index (χ0n) is 29.8. The van der Waals surface area contributed by atoms with E-state index in [1.807, 2.05) is 12.1 Å². The van der Waals surface area contributed by atoms with E-state index >= 15 is 0 Å². The molecule has 0 radical (unpaired) electrons. The van der Waals surface area contributed by atoms with Gasteiger partial charge in [-0.25, -0.2) is 0 Å². The number of anilines is 2. The van der Waals surface area contributed by atoms with Crippen LogP contribution in [0.25, 0.3) is 0 Å². The molecule has 0 saturated carbocycles. The second-order valence-electron chi connectivity index (χ2n) is 12.5. The van der Waals surface area contributed by atoms with Crippen molar-refractivity contribution in [3.8, 4) is 5.75 Å². The number of hydrogen-bond donors (Lipinski definition) is 3. The summed E-state index contributed by atoms with van der Waals surface area (Å²) in [4.78, 5) is 68.4. The van der Waals surface area contributed by atoms with Gasteiger partial charge in [-0.15, -0.1) is 0 Å². The minimum absolute atomic E-state index is 0.0626. The SMILES string of the molecule is COc1ccc(N2CCN(C)CC2)c(C(=O)NCCOCCOCCOCCOCCNc2cccc3c2C(=O)N(C2CCC(=O)NC2=O)C3=O)c1. The van der Waals surface area contributed by atoms with Crippen LogP contribution in [0.4, 0.5) is 11.4 Å². The summed E-state index contributed by atoms with van der Waals surface area (Å²) in [5.74, 6) is -1.71. The molecule has 5 amide bonds. The molecule has 0 aliphatic carbocycles. The first-order valence-corrected chi connectivity index (χ1v) is 17.6. The van der Waals surface area contributed by atoms with Crippen molar-refractivity contribution < 1.29 is 47.7 Å². The predicted molar refractivity (Wildman–Crippen MR) is 190 cm³/mol. The normalized spacial score (nSPS) is 17.7. The Bertz CT molecular complexity index is 1580. The highest BCUT2D eigenvalue weighted by Crippen LogP contribution is 2.32. The fraction of sp³-hybridized carbons (Fsp3) is 0.528. The van der Waals surface area contributed by atoms with Gasteiger partial charge in [0.1, 0.15) is 11.8 Å². The topological polar surface area (TPSA) is 177 Å². The Balaban J connectivity index is 0.878. The van der Waals surface area contributed by atoms with Gasteiger partial charge in [-0.3, -0.25) is 34.2 Å². The number of fused-ring (bicyclic) bond motifs is 1. The lowest BCUT2D eigenvalue weighted by molar-refractivity contribution is -0.136. The summed E-state index contributed by atoms with van der Waals surface area (Å²) in [6.45, 7) is 7.32. The number of nitrogens with one attached hydrogen (secondary N) is 3. The van der Waals surface area contributed by atoms with Crippen molar-refractivity contribution in [3.05, 3.63) is 53.1 Å². The van der Waals surface area contributed by atoms with Crippen molar-refractivity contribution in [2.24, 2.45) is 0 Å². The molecule has 16 heteroatoms. The van der Waals surface area contributed by atoms with Gasteiger partial charge in [0, 0.05) is 57.1 Å². The standard InChI is InChI=1S/C36H48N6O10/c1-40-12-14-41(15-13-40)29-7-6-25(48-2)24-27(29)33(44)38-11-17-50-19-21-52-23-22-51-20-18-49-16-10-37-28-5-3-4-26-32(28)36(47)42(35(26)46)30-8-9-31(43)39-34(30)45/h3-7,24,30,37H,8-23H2,1-2H3,(H,38,44)(H,39,43,45). The van der Waals surface area contributed by atoms with Crippen molar-refractivity contribution in [2.75, 3.05) is 116 Å². The maximum atomic E-state index is 13.2. The molecule has 2 fully saturated rings. The van der Waals surface area contributed by atoms with E-state index in [0.717, 1.165) is 36.8 Å². The highest BCUT2D eigenvalue weighted by Gasteiger charge is 2.45. The van der Waals surface area contributed by atoms with Gasteiger partial charge >= 0.3 is 0 Å². The molecule has 1 unspecified atom stereocenters. The van der Waals surface area contributed by atoms with Gasteiger partial charge in [-0.05, 0) is 43.8 Å². The third-order valence-corrected chi connectivity index (χ3v) is 8.97. The Morgan fingerprint density at radius 1 is 0.827 bits per heavy atom. The smallest absolute Gasteiger partial charge is 0.264 e. The number of piperazine rings is 1. The first kappa shape index (κ1) is 38.6. The van der Waals surface area contributed by atoms with Crippen LogP contribution in [0.1, 0.15) is 43.9 Å². The maximum Gasteiger partial charge on any atom is 0.264 e. The molecular weight excluding hydrogens is 676 g/mol. The molecule has 16 nitrogen and oxygen atoms in total. The zero-order valence-corrected chi connectivity index (χ0v) is 29.8. The third kappa shape index (κ3) is 10.0. The molecule has 2 saturated heterocycles. The maximum absolute atomic E-state index is 13.2. The Kier molecular flexibility index (Phi) is 14.3. The molecule has 5 rings (SSSR count). The second kappa shape index (κ2) is 19.3. The van der Waals surface area contributed by atoms with E-state index in [4.69, 9.17) is 23.7 Å². The van der Waals surface area contributed by atoms with E-state index < -0.39 is 29.7 Å². The summed E-state index contributed by atoms with van der Waals surface area (Å²) < 4.78 is 27.7. The summed E-state index contributed by atoms with van der Waals surface area (Å²) in [5, 5.41) is 8.27. The van der Waals surface area contributed by atoms with Gasteiger partial charge in [-0.1, -0.05) is 6.07 Å². The van der Waals surface area contributed by atoms with Crippen LogP contribution in [0, 0.1) is 0 Å². The second-order valence-corrected chi connectivity index (χ2v) is 12.5. The molecule has 0 spiro atoms. The predicted octanol–water partition coefficient (Wildman–Crippen LogP) is 0.757. The molecule has 3 heterocycles. The number of ether oxygens (including phenoxy) is 5. The van der Waals surface area contributed by atoms with Crippen molar-refractivity contribution in [3.63, 3.8) is 0 Å². The average molecular weight is 725 g/mol. The van der Waals surface area contributed by atoms with Gasteiger partial charge in [-0.2, -0.15) is 0 Å². The molecule has 0 aromatic heterocycles. The number of rotatable bonds is 20. The fourth-order valence-electron chi connectivity index (χ4n) is 6.16. The summed E-state index contributed by atoms with van der Waals surface area (Å²) in [7, 11) is 3.68. The lowest BCUT2D eigenvalue weighted by Crippen LogP contribution is -2.54. The fourth-order valence-corrected chi connectivity index (χ4v) is 6.16. The van der Waals surface area contributed by atoms with Crippen LogP contribution in [0.3, 0.4) is 0 Å². The van der Waals surface area contributed by atoms with Crippen molar-refractivity contribution in [2.45, 2.75) is 18.9 Å². The number of likely N-dealkylation sites (N-methyl/N-ethyl adjacent to an activating group) is 1. The van der Waals surface area contributed by atoms with E-state index in [0.29, 0.717) is 82.9 Å². The first-order chi connectivity index (χ1) is 25.3. The molecule has 2 aromatic rings. The van der Waals surface area contributed by atoms with Crippen molar-refractivity contribution >= 4 is 40.9 Å². The minimum Gasteiger partial charge on any atom is -0.497 e. The van der Waals surface area contributed by atoms with Crippen molar-refractivity contribution in [1.82, 2.24) is 20.4 Å². The molecule has 3 aliphatic rings. The lowest BCUT2D eigenvalue weighted by Gasteiger charge is -2.35. The van der Waals surface area contributed by atoms with E-state index in [1.54, 1.807) is 31.4 Å². The summed E-state index contributed by atoms with van der Waals surface area (Å²) in [5.41, 5.74) is 2.38. The number of benzene rings is 2. The van der Waals surface area contributed by atoms with Crippen LogP contribution < -0.4 is 25.6 Å². The van der Waals surface area contributed by atoms with Gasteiger partial charge < -0.3 is 44.1 Å². The number of amides is 5. The zero-order chi connectivity index (χ0) is 36.9. The van der Waals surface area contributed by atoms with Crippen LogP contribution in [-0.4, -0.2) is 152 Å². The average Bonchev–Trinajstić information content (AvgIpc) is 3.40. The van der Waals surface area contributed by atoms with Crippen LogP contribution >= 0.6 is 0 Å². The van der Waals surface area contributed by atoms with Gasteiger partial charge in [0.15, 0.2) is 0 Å². The van der Waals surface area contributed by atoms with E-state index in [2.05, 4.69) is 32.8 Å². The Hall–Kier alpha value is -4.61. The molecule has 3 aliphatic heterocycles. The van der Waals surface area contributed by atoms with E-state index in [1.165, 1.54) is 0 Å². The van der Waals surface area contributed by atoms with E-state index in [-0.39, 0.29) is 29.9 Å². The number of piperidine rings is 1. The van der Waals surface area contributed by atoms with E-state index in [9.17, 15) is 24.0 Å². The van der Waals surface area contributed by atoms with Crippen LogP contribution in [0.5, 0.6) is 5.75 Å².